The van der Waals surface area contributed by atoms with Gasteiger partial charge >= 0.3 is 6.09 Å². The Morgan fingerprint density at radius 3 is 2.66 bits per heavy atom. The second-order valence-electron chi connectivity index (χ2n) is 7.55. The first kappa shape index (κ1) is 21.9. The number of rotatable bonds is 4. The molecule has 0 unspecified atom stereocenters. The molecule has 0 aliphatic carbocycles. The molecule has 1 spiro atoms. The van der Waals surface area contributed by atoms with Crippen LogP contribution in [0.1, 0.15) is 18.4 Å². The number of hydrogen-bond donors (Lipinski definition) is 2. The van der Waals surface area contributed by atoms with E-state index in [1.165, 1.54) is 12.2 Å². The van der Waals surface area contributed by atoms with E-state index in [1.807, 2.05) is 18.2 Å². The normalized spacial score (nSPS) is 16.8. The van der Waals surface area contributed by atoms with Gasteiger partial charge in [0.25, 0.3) is 0 Å². The van der Waals surface area contributed by atoms with Crippen molar-refractivity contribution in [2.45, 2.75) is 18.4 Å². The lowest BCUT2D eigenvalue weighted by molar-refractivity contribution is -0.130. The highest BCUT2D eigenvalue weighted by atomic mass is 79.9. The molecule has 0 radical (unpaired) electrons. The van der Waals surface area contributed by atoms with Gasteiger partial charge in [0.2, 0.25) is 11.8 Å². The summed E-state index contributed by atoms with van der Waals surface area (Å²) in [7, 11) is 1.58. The van der Waals surface area contributed by atoms with Gasteiger partial charge in [0, 0.05) is 48.1 Å². The highest BCUT2D eigenvalue weighted by molar-refractivity contribution is 9.10. The third-order valence-corrected chi connectivity index (χ3v) is 6.33. The predicted molar refractivity (Wildman–Crippen MR) is 123 cm³/mol. The minimum Gasteiger partial charge on any atom is -0.497 e. The molecule has 2 aliphatic heterocycles. The Kier molecular flexibility index (Phi) is 6.18. The molecule has 2 N–H and O–H groups in total. The number of carbonyl (C=O) groups is 3. The van der Waals surface area contributed by atoms with Crippen molar-refractivity contribution in [1.29, 1.82) is 0 Å². The molecule has 2 aromatic rings. The van der Waals surface area contributed by atoms with Crippen molar-refractivity contribution in [3.8, 4) is 5.75 Å². The maximum absolute atomic E-state index is 12.6. The van der Waals surface area contributed by atoms with Crippen molar-refractivity contribution < 1.29 is 23.9 Å². The van der Waals surface area contributed by atoms with E-state index in [1.54, 1.807) is 36.3 Å². The number of halogens is 1. The van der Waals surface area contributed by atoms with Gasteiger partial charge in [0.15, 0.2) is 0 Å². The number of hydrogen-bond acceptors (Lipinski definition) is 5. The number of piperidine rings is 1. The van der Waals surface area contributed by atoms with Gasteiger partial charge in [-0.2, -0.15) is 0 Å². The fraction of sp³-hybridized carbons (Fsp3) is 0.261. The van der Waals surface area contributed by atoms with Gasteiger partial charge in [-0.05, 0) is 46.3 Å². The smallest absolute Gasteiger partial charge is 0.412 e. The Balaban J connectivity index is 1.41. The largest absolute Gasteiger partial charge is 0.497 e. The maximum Gasteiger partial charge on any atom is 0.412 e. The van der Waals surface area contributed by atoms with E-state index < -0.39 is 17.6 Å². The van der Waals surface area contributed by atoms with E-state index in [-0.39, 0.29) is 5.91 Å². The van der Waals surface area contributed by atoms with E-state index in [2.05, 4.69) is 26.6 Å². The number of nitrogens with one attached hydrogen (secondary N) is 2. The summed E-state index contributed by atoms with van der Waals surface area (Å²) in [6.45, 7) is 0.776. The first-order valence-corrected chi connectivity index (χ1v) is 10.9. The van der Waals surface area contributed by atoms with Gasteiger partial charge in [-0.25, -0.2) is 4.79 Å². The number of ether oxygens (including phenoxy) is 2. The molecule has 0 atom stereocenters. The molecular formula is C23H22BrN3O5. The van der Waals surface area contributed by atoms with Crippen molar-refractivity contribution in [1.82, 2.24) is 4.90 Å². The molecule has 0 bridgehead atoms. The molecule has 4 rings (SSSR count). The highest BCUT2D eigenvalue weighted by Crippen LogP contribution is 2.44. The summed E-state index contributed by atoms with van der Waals surface area (Å²) in [6.07, 6.45) is 2.87. The summed E-state index contributed by atoms with van der Waals surface area (Å²) < 4.78 is 11.8. The van der Waals surface area contributed by atoms with Crippen LogP contribution in [0.25, 0.3) is 0 Å². The van der Waals surface area contributed by atoms with Crippen LogP contribution in [0, 0.1) is 0 Å². The van der Waals surface area contributed by atoms with Gasteiger partial charge in [0.05, 0.1) is 18.5 Å². The molecular weight excluding hydrogens is 478 g/mol. The van der Waals surface area contributed by atoms with Crippen LogP contribution < -0.4 is 15.4 Å². The third kappa shape index (κ3) is 4.47. The lowest BCUT2D eigenvalue weighted by atomic mass is 9.82. The topological polar surface area (TPSA) is 97.0 Å². The number of anilines is 2. The average Bonchev–Trinajstić information content (AvgIpc) is 2.79. The van der Waals surface area contributed by atoms with E-state index in [0.29, 0.717) is 43.1 Å². The van der Waals surface area contributed by atoms with Crippen molar-refractivity contribution in [3.63, 3.8) is 0 Å². The highest BCUT2D eigenvalue weighted by Gasteiger charge is 2.45. The van der Waals surface area contributed by atoms with E-state index in [0.717, 1.165) is 10.0 Å². The van der Waals surface area contributed by atoms with Gasteiger partial charge in [-0.15, -0.1) is 0 Å². The molecule has 166 valence electrons. The Hall–Kier alpha value is -3.33. The summed E-state index contributed by atoms with van der Waals surface area (Å²) in [4.78, 5) is 38.5. The zero-order valence-electron chi connectivity index (χ0n) is 17.4. The molecule has 32 heavy (non-hydrogen) atoms. The number of nitrogens with zero attached hydrogens (tertiary/aromatic N) is 1. The van der Waals surface area contributed by atoms with E-state index >= 15 is 0 Å². The average molecular weight is 500 g/mol. The van der Waals surface area contributed by atoms with E-state index in [9.17, 15) is 14.4 Å². The van der Waals surface area contributed by atoms with E-state index in [4.69, 9.17) is 9.47 Å². The number of fused-ring (bicyclic) bond motifs is 2. The van der Waals surface area contributed by atoms with Gasteiger partial charge in [-0.1, -0.05) is 12.1 Å². The second-order valence-corrected chi connectivity index (χ2v) is 8.40. The molecule has 0 saturated carbocycles. The van der Waals surface area contributed by atoms with Gasteiger partial charge in [0.1, 0.15) is 11.4 Å². The van der Waals surface area contributed by atoms with Crippen molar-refractivity contribution >= 4 is 45.2 Å². The Morgan fingerprint density at radius 1 is 1.19 bits per heavy atom. The van der Waals surface area contributed by atoms with Crippen LogP contribution in [-0.2, 0) is 19.9 Å². The van der Waals surface area contributed by atoms with Crippen LogP contribution >= 0.6 is 15.9 Å². The number of amides is 3. The van der Waals surface area contributed by atoms with Gasteiger partial charge < -0.3 is 19.7 Å². The number of para-hydroxylation sites is 1. The lowest BCUT2D eigenvalue weighted by Crippen LogP contribution is -2.49. The van der Waals surface area contributed by atoms with Crippen molar-refractivity contribution in [3.05, 3.63) is 64.7 Å². The summed E-state index contributed by atoms with van der Waals surface area (Å²) in [5.41, 5.74) is 1.33. The molecule has 2 aromatic carbocycles. The molecule has 2 heterocycles. The Bertz CT molecular complexity index is 1090. The zero-order chi connectivity index (χ0) is 22.7. The number of carbonyl (C=O) groups excluding carboxylic acids is 3. The number of methoxy groups -OCH3 is 1. The van der Waals surface area contributed by atoms with Crippen LogP contribution in [0.2, 0.25) is 0 Å². The number of benzene rings is 2. The fourth-order valence-corrected chi connectivity index (χ4v) is 4.34. The molecule has 9 heteroatoms. The predicted octanol–water partition coefficient (Wildman–Crippen LogP) is 4.03. The zero-order valence-corrected chi connectivity index (χ0v) is 19.0. The van der Waals surface area contributed by atoms with Crippen LogP contribution in [0.5, 0.6) is 5.75 Å². The third-order valence-electron chi connectivity index (χ3n) is 5.63. The van der Waals surface area contributed by atoms with Crippen molar-refractivity contribution in [2.75, 3.05) is 30.8 Å². The summed E-state index contributed by atoms with van der Waals surface area (Å²) >= 11 is 3.36. The summed E-state index contributed by atoms with van der Waals surface area (Å²) in [6, 6.07) is 12.7. The van der Waals surface area contributed by atoms with Gasteiger partial charge in [-0.3, -0.25) is 14.9 Å². The van der Waals surface area contributed by atoms with Crippen molar-refractivity contribution in [2.24, 2.45) is 0 Å². The maximum atomic E-state index is 12.6. The molecule has 2 aliphatic rings. The minimum atomic E-state index is -0.816. The second kappa shape index (κ2) is 9.04. The molecule has 1 fully saturated rings. The summed E-state index contributed by atoms with van der Waals surface area (Å²) in [5.74, 6) is 0.000620. The quantitative estimate of drug-likeness (QED) is 0.618. The number of likely N-dealkylation sites (tertiary alicyclic amines) is 1. The Morgan fingerprint density at radius 2 is 1.94 bits per heavy atom. The molecule has 8 nitrogen and oxygen atoms in total. The van der Waals surface area contributed by atoms with Crippen LogP contribution in [0.15, 0.2) is 59.1 Å². The molecule has 3 amide bonds. The van der Waals surface area contributed by atoms with Crippen LogP contribution in [0.4, 0.5) is 16.2 Å². The Labute approximate surface area is 193 Å². The first-order chi connectivity index (χ1) is 15.4. The molecule has 0 aromatic heterocycles. The first-order valence-electron chi connectivity index (χ1n) is 10.1. The summed E-state index contributed by atoms with van der Waals surface area (Å²) in [5, 5.41) is 5.44. The minimum absolute atomic E-state index is 0.270. The van der Waals surface area contributed by atoms with Crippen LogP contribution in [0.3, 0.4) is 0 Å². The standard InChI is InChI=1S/C23H22BrN3O5/c1-31-15-6-7-18-16(14-15)23(32-22(30)26-18)10-12-27(13-11-23)21(29)9-8-20(28)25-19-5-3-2-4-17(19)24/h2-9,14H,10-13H2,1H3,(H,25,28)(H,26,30). The van der Waals surface area contributed by atoms with Crippen LogP contribution in [-0.4, -0.2) is 43.0 Å². The molecule has 1 saturated heterocycles. The SMILES string of the molecule is COc1ccc2c(c1)C1(CCN(C(=O)C=CC(=O)Nc3ccccc3Br)CC1)OC(=O)N2. The fourth-order valence-electron chi connectivity index (χ4n) is 3.95. The monoisotopic (exact) mass is 499 g/mol. The lowest BCUT2D eigenvalue weighted by Gasteiger charge is -2.44.